The highest BCUT2D eigenvalue weighted by Gasteiger charge is 2.57. The van der Waals surface area contributed by atoms with Crippen molar-refractivity contribution >= 4 is 0 Å². The molecule has 9 atom stereocenters. The zero-order chi connectivity index (χ0) is 21.7. The predicted octanol–water partition coefficient (Wildman–Crippen LogP) is 7.80. The molecule has 4 rings (SSSR count). The van der Waals surface area contributed by atoms with Crippen LogP contribution in [0.1, 0.15) is 99.3 Å². The first-order valence-corrected chi connectivity index (χ1v) is 13.3. The van der Waals surface area contributed by atoms with Crippen LogP contribution < -0.4 is 0 Å². The molecule has 0 aromatic rings. The average molecular weight is 413 g/mol. The standard InChI is InChI=1S/C29H48O/c1-7-21(19(2)3)9-8-20(4)25-12-13-26-24-11-10-22-18-23(30)14-16-28(22,5)27(24)15-17-29(25,26)6/h8-9,11,19-23,25-27,30H,7,10,12-18H2,1-6H3/t20?,21?,22-,23?,25?,26-,27?,28-,29+/m0/s1. The van der Waals surface area contributed by atoms with Crippen molar-refractivity contribution in [2.75, 3.05) is 0 Å². The van der Waals surface area contributed by atoms with E-state index in [9.17, 15) is 5.11 Å². The van der Waals surface area contributed by atoms with Crippen molar-refractivity contribution in [2.24, 2.45) is 52.3 Å². The number of fused-ring (bicyclic) bond motifs is 5. The molecular formula is C29H48O. The van der Waals surface area contributed by atoms with Crippen LogP contribution in [0.3, 0.4) is 0 Å². The maximum atomic E-state index is 10.3. The average Bonchev–Trinajstić information content (AvgIpc) is 3.06. The quantitative estimate of drug-likeness (QED) is 0.457. The van der Waals surface area contributed by atoms with E-state index in [-0.39, 0.29) is 6.10 Å². The summed E-state index contributed by atoms with van der Waals surface area (Å²) < 4.78 is 0. The molecule has 0 aromatic carbocycles. The van der Waals surface area contributed by atoms with Gasteiger partial charge in [0.2, 0.25) is 0 Å². The molecule has 1 N–H and O–H groups in total. The van der Waals surface area contributed by atoms with Gasteiger partial charge in [-0.1, -0.05) is 65.3 Å². The van der Waals surface area contributed by atoms with E-state index in [0.717, 1.165) is 42.4 Å². The van der Waals surface area contributed by atoms with Gasteiger partial charge in [-0.15, -0.1) is 0 Å². The monoisotopic (exact) mass is 412 g/mol. The summed E-state index contributed by atoms with van der Waals surface area (Å²) in [6.45, 7) is 14.8. The van der Waals surface area contributed by atoms with Crippen molar-refractivity contribution in [3.05, 3.63) is 23.8 Å². The van der Waals surface area contributed by atoms with Gasteiger partial charge in [-0.25, -0.2) is 0 Å². The van der Waals surface area contributed by atoms with Crippen LogP contribution in [0, 0.1) is 52.3 Å². The number of hydrogen-bond acceptors (Lipinski definition) is 1. The van der Waals surface area contributed by atoms with Gasteiger partial charge in [0.25, 0.3) is 0 Å². The van der Waals surface area contributed by atoms with Crippen LogP contribution in [-0.2, 0) is 0 Å². The molecule has 4 aliphatic rings. The fraction of sp³-hybridized carbons (Fsp3) is 0.862. The van der Waals surface area contributed by atoms with Crippen molar-refractivity contribution in [3.63, 3.8) is 0 Å². The highest BCUT2D eigenvalue weighted by molar-refractivity contribution is 5.28. The van der Waals surface area contributed by atoms with Gasteiger partial charge in [0, 0.05) is 0 Å². The second kappa shape index (κ2) is 8.42. The fourth-order valence-corrected chi connectivity index (χ4v) is 8.68. The number of hydrogen-bond donors (Lipinski definition) is 1. The summed E-state index contributed by atoms with van der Waals surface area (Å²) >= 11 is 0. The lowest BCUT2D eigenvalue weighted by Crippen LogP contribution is -2.49. The predicted molar refractivity (Wildman–Crippen MR) is 128 cm³/mol. The summed E-state index contributed by atoms with van der Waals surface area (Å²) in [4.78, 5) is 0. The Kier molecular flexibility index (Phi) is 6.35. The molecule has 5 unspecified atom stereocenters. The molecule has 0 radical (unpaired) electrons. The maximum Gasteiger partial charge on any atom is 0.0543 e. The third kappa shape index (κ3) is 3.66. The Labute approximate surface area is 186 Å². The van der Waals surface area contributed by atoms with Gasteiger partial charge in [0.15, 0.2) is 0 Å². The van der Waals surface area contributed by atoms with Crippen LogP contribution in [-0.4, -0.2) is 11.2 Å². The van der Waals surface area contributed by atoms with Crippen molar-refractivity contribution < 1.29 is 5.11 Å². The lowest BCUT2D eigenvalue weighted by atomic mass is 9.47. The molecule has 0 aliphatic heterocycles. The first-order chi connectivity index (χ1) is 14.2. The molecule has 30 heavy (non-hydrogen) atoms. The maximum absolute atomic E-state index is 10.3. The number of allylic oxidation sites excluding steroid dienone is 4. The minimum Gasteiger partial charge on any atom is -0.393 e. The molecule has 0 saturated heterocycles. The van der Waals surface area contributed by atoms with Crippen LogP contribution >= 0.6 is 0 Å². The van der Waals surface area contributed by atoms with E-state index in [1.54, 1.807) is 0 Å². The first kappa shape index (κ1) is 22.6. The van der Waals surface area contributed by atoms with E-state index in [4.69, 9.17) is 0 Å². The molecule has 0 heterocycles. The normalized spacial score (nSPS) is 45.6. The lowest BCUT2D eigenvalue weighted by Gasteiger charge is -2.57. The third-order valence-corrected chi connectivity index (χ3v) is 10.7. The molecule has 0 aromatic heterocycles. The minimum absolute atomic E-state index is 0.0480. The third-order valence-electron chi connectivity index (χ3n) is 10.7. The van der Waals surface area contributed by atoms with Crippen LogP contribution in [0.4, 0.5) is 0 Å². The molecular weight excluding hydrogens is 364 g/mol. The summed E-state index contributed by atoms with van der Waals surface area (Å²) in [7, 11) is 0. The van der Waals surface area contributed by atoms with E-state index in [0.29, 0.717) is 22.7 Å². The Bertz CT molecular complexity index is 674. The van der Waals surface area contributed by atoms with E-state index >= 15 is 0 Å². The van der Waals surface area contributed by atoms with E-state index in [1.807, 2.05) is 5.57 Å². The second-order valence-corrected chi connectivity index (χ2v) is 12.5. The summed E-state index contributed by atoms with van der Waals surface area (Å²) in [5.74, 6) is 5.32. The van der Waals surface area contributed by atoms with E-state index < -0.39 is 0 Å². The summed E-state index contributed by atoms with van der Waals surface area (Å²) in [5, 5.41) is 10.3. The Hall–Kier alpha value is -0.560. The molecule has 3 saturated carbocycles. The Morgan fingerprint density at radius 3 is 2.40 bits per heavy atom. The van der Waals surface area contributed by atoms with E-state index in [2.05, 4.69) is 59.8 Å². The van der Waals surface area contributed by atoms with Gasteiger partial charge in [-0.2, -0.15) is 0 Å². The SMILES string of the molecule is CCC(C=CC(C)C1CC[C@H]2C3=CC[C@H]4CC(O)CC[C@]4(C)C3CC[C@]12C)C(C)C. The molecule has 170 valence electrons. The molecule has 3 fully saturated rings. The van der Waals surface area contributed by atoms with Gasteiger partial charge in [-0.3, -0.25) is 0 Å². The molecule has 0 spiro atoms. The zero-order valence-corrected chi connectivity index (χ0v) is 20.7. The fourth-order valence-electron chi connectivity index (χ4n) is 8.68. The number of aliphatic hydroxyl groups is 1. The van der Waals surface area contributed by atoms with Crippen LogP contribution in [0.15, 0.2) is 23.8 Å². The molecule has 0 bridgehead atoms. The van der Waals surface area contributed by atoms with Crippen molar-refractivity contribution in [1.82, 2.24) is 0 Å². The lowest BCUT2D eigenvalue weighted by molar-refractivity contribution is -0.0414. The summed E-state index contributed by atoms with van der Waals surface area (Å²) in [6, 6.07) is 0. The number of rotatable bonds is 5. The minimum atomic E-state index is -0.0480. The Balaban J connectivity index is 1.53. The largest absolute Gasteiger partial charge is 0.393 e. The first-order valence-electron chi connectivity index (χ1n) is 13.3. The van der Waals surface area contributed by atoms with Gasteiger partial charge >= 0.3 is 0 Å². The smallest absolute Gasteiger partial charge is 0.0543 e. The zero-order valence-electron chi connectivity index (χ0n) is 20.7. The Morgan fingerprint density at radius 1 is 1.00 bits per heavy atom. The highest BCUT2D eigenvalue weighted by Crippen LogP contribution is 2.66. The van der Waals surface area contributed by atoms with Gasteiger partial charge in [0.1, 0.15) is 0 Å². The van der Waals surface area contributed by atoms with Crippen molar-refractivity contribution in [2.45, 2.75) is 105 Å². The molecule has 4 aliphatic carbocycles. The molecule has 1 heteroatoms. The van der Waals surface area contributed by atoms with Gasteiger partial charge < -0.3 is 5.11 Å². The second-order valence-electron chi connectivity index (χ2n) is 12.5. The van der Waals surface area contributed by atoms with Crippen molar-refractivity contribution in [1.29, 1.82) is 0 Å². The summed E-state index contributed by atoms with van der Waals surface area (Å²) in [6.07, 6.45) is 19.2. The topological polar surface area (TPSA) is 20.2 Å². The number of aliphatic hydroxyl groups excluding tert-OH is 1. The van der Waals surface area contributed by atoms with Crippen molar-refractivity contribution in [3.8, 4) is 0 Å². The van der Waals surface area contributed by atoms with E-state index in [1.165, 1.54) is 44.9 Å². The highest BCUT2D eigenvalue weighted by atomic mass is 16.3. The molecule has 1 nitrogen and oxygen atoms in total. The van der Waals surface area contributed by atoms with Crippen LogP contribution in [0.5, 0.6) is 0 Å². The van der Waals surface area contributed by atoms with Crippen LogP contribution in [0.25, 0.3) is 0 Å². The van der Waals surface area contributed by atoms with Gasteiger partial charge in [-0.05, 0) is 110 Å². The molecule has 0 amide bonds. The van der Waals surface area contributed by atoms with Crippen LogP contribution in [0.2, 0.25) is 0 Å². The van der Waals surface area contributed by atoms with Gasteiger partial charge in [0.05, 0.1) is 6.10 Å². The Morgan fingerprint density at radius 2 is 1.70 bits per heavy atom. The summed E-state index contributed by atoms with van der Waals surface area (Å²) in [5.41, 5.74) is 2.79.